The number of halogens is 2. The number of methoxy groups -OCH3 is 1. The van der Waals surface area contributed by atoms with Gasteiger partial charge in [0.15, 0.2) is 0 Å². The van der Waals surface area contributed by atoms with E-state index in [1.54, 1.807) is 18.2 Å². The Labute approximate surface area is 167 Å². The summed E-state index contributed by atoms with van der Waals surface area (Å²) in [6.45, 7) is 0. The van der Waals surface area contributed by atoms with Gasteiger partial charge in [0.2, 0.25) is 0 Å². The summed E-state index contributed by atoms with van der Waals surface area (Å²) in [6, 6.07) is 19.6. The van der Waals surface area contributed by atoms with E-state index in [0.29, 0.717) is 10.0 Å². The Morgan fingerprint density at radius 2 is 1.74 bits per heavy atom. The topological polar surface area (TPSA) is 46.5 Å². The number of carboxylic acids is 1. The highest BCUT2D eigenvalue weighted by Gasteiger charge is 1.98. The quantitative estimate of drug-likeness (QED) is 0.338. The molecule has 0 saturated carbocycles. The van der Waals surface area contributed by atoms with E-state index in [1.807, 2.05) is 18.2 Å². The Morgan fingerprint density at radius 1 is 1.00 bits per heavy atom. The number of fused-ring (bicyclic) bond motifs is 1. The van der Waals surface area contributed by atoms with Crippen molar-refractivity contribution in [3.8, 4) is 11.8 Å². The summed E-state index contributed by atoms with van der Waals surface area (Å²) in [4.78, 5) is 9.59. The minimum atomic E-state index is -0.998. The molecule has 3 rings (SSSR count). The number of ether oxygens (including phenoxy) is 1. The van der Waals surface area contributed by atoms with Gasteiger partial charge in [-0.05, 0) is 41.1 Å². The minimum absolute atomic E-state index is 0.614. The van der Waals surface area contributed by atoms with Crippen molar-refractivity contribution in [3.63, 3.8) is 0 Å². The number of aliphatic carboxylic acids is 1. The lowest BCUT2D eigenvalue weighted by atomic mass is 10.1. The van der Waals surface area contributed by atoms with Gasteiger partial charge in [0.25, 0.3) is 0 Å². The number of benzene rings is 3. The van der Waals surface area contributed by atoms with Crippen molar-refractivity contribution < 1.29 is 14.6 Å². The van der Waals surface area contributed by atoms with Gasteiger partial charge in [0.05, 0.1) is 24.5 Å². The molecule has 1 N–H and O–H groups in total. The number of hydrogen-bond donors (Lipinski definition) is 1. The van der Waals surface area contributed by atoms with Gasteiger partial charge in [-0.1, -0.05) is 65.4 Å². The smallest absolute Gasteiger partial charge is 0.331 e. The third-order valence-corrected chi connectivity index (χ3v) is 3.93. The van der Waals surface area contributed by atoms with Crippen LogP contribution in [0.5, 0.6) is 0 Å². The molecule has 0 saturated heterocycles. The first-order chi connectivity index (χ1) is 13.0. The molecule has 0 fully saturated rings. The van der Waals surface area contributed by atoms with Crippen LogP contribution in [0.25, 0.3) is 10.8 Å². The van der Waals surface area contributed by atoms with Crippen LogP contribution in [-0.4, -0.2) is 18.2 Å². The van der Waals surface area contributed by atoms with E-state index in [0.717, 1.165) is 23.5 Å². The maximum absolute atomic E-state index is 9.59. The second-order valence-electron chi connectivity index (χ2n) is 5.31. The highest BCUT2D eigenvalue weighted by atomic mass is 35.5. The molecule has 0 radical (unpaired) electrons. The van der Waals surface area contributed by atoms with Gasteiger partial charge in [0, 0.05) is 16.1 Å². The maximum atomic E-state index is 9.59. The van der Waals surface area contributed by atoms with E-state index in [1.165, 1.54) is 17.9 Å². The molecule has 3 aromatic rings. The molecule has 0 bridgehead atoms. The lowest BCUT2D eigenvalue weighted by molar-refractivity contribution is -0.131. The molecule has 0 amide bonds. The second-order valence-corrected chi connectivity index (χ2v) is 6.16. The Kier molecular flexibility index (Phi) is 7.76. The lowest BCUT2D eigenvalue weighted by Crippen LogP contribution is -1.85. The van der Waals surface area contributed by atoms with Crippen LogP contribution in [0, 0.1) is 11.8 Å². The van der Waals surface area contributed by atoms with Crippen molar-refractivity contribution >= 4 is 39.9 Å². The van der Waals surface area contributed by atoms with Crippen molar-refractivity contribution in [2.45, 2.75) is 0 Å². The van der Waals surface area contributed by atoms with Crippen molar-refractivity contribution in [1.29, 1.82) is 0 Å². The Bertz CT molecular complexity index is 1030. The van der Waals surface area contributed by atoms with Gasteiger partial charge in [-0.2, -0.15) is 0 Å². The summed E-state index contributed by atoms with van der Waals surface area (Å²) in [5.74, 6) is 5.20. The standard InChI is InChI=1S/C18H10Cl2.C4H6O3/c19-17-9-10-18(20)16(12-17)8-6-13-5-7-14-3-1-2-4-15(14)11-13;1-7-3-2-4(5)6/h1-5,7,9-12H;2-3H,1H3,(H,5,6). The van der Waals surface area contributed by atoms with E-state index >= 15 is 0 Å². The van der Waals surface area contributed by atoms with Crippen molar-refractivity contribution in [3.05, 3.63) is 94.2 Å². The molecule has 0 unspecified atom stereocenters. The van der Waals surface area contributed by atoms with Crippen molar-refractivity contribution in [2.24, 2.45) is 0 Å². The van der Waals surface area contributed by atoms with Gasteiger partial charge in [-0.3, -0.25) is 0 Å². The number of rotatable bonds is 2. The Balaban J connectivity index is 0.000000321. The summed E-state index contributed by atoms with van der Waals surface area (Å²) in [7, 11) is 1.39. The molecule has 3 aromatic carbocycles. The molecule has 0 aromatic heterocycles. The van der Waals surface area contributed by atoms with E-state index < -0.39 is 5.97 Å². The third kappa shape index (κ3) is 6.71. The summed E-state index contributed by atoms with van der Waals surface area (Å²) in [5.41, 5.74) is 1.70. The van der Waals surface area contributed by atoms with E-state index in [9.17, 15) is 4.79 Å². The zero-order valence-electron chi connectivity index (χ0n) is 14.4. The van der Waals surface area contributed by atoms with Crippen molar-refractivity contribution in [2.75, 3.05) is 7.11 Å². The third-order valence-electron chi connectivity index (χ3n) is 3.37. The summed E-state index contributed by atoms with van der Waals surface area (Å²) in [5, 5.41) is 11.5. The largest absolute Gasteiger partial charge is 0.504 e. The molecule has 3 nitrogen and oxygen atoms in total. The molecule has 0 aliphatic carbocycles. The maximum Gasteiger partial charge on any atom is 0.331 e. The number of carbonyl (C=O) groups is 1. The predicted molar refractivity (Wildman–Crippen MR) is 110 cm³/mol. The van der Waals surface area contributed by atoms with Gasteiger partial charge in [0.1, 0.15) is 0 Å². The highest BCUT2D eigenvalue weighted by molar-refractivity contribution is 6.33. The average Bonchev–Trinajstić information content (AvgIpc) is 2.67. The molecule has 0 heterocycles. The zero-order chi connectivity index (χ0) is 19.6. The SMILES string of the molecule is COC=CC(=O)O.Clc1ccc(Cl)c(C#Cc2ccc3ccccc3c2)c1. The van der Waals surface area contributed by atoms with E-state index in [2.05, 4.69) is 40.8 Å². The van der Waals surface area contributed by atoms with Crippen LogP contribution in [0.15, 0.2) is 73.0 Å². The lowest BCUT2D eigenvalue weighted by Gasteiger charge is -1.98. The van der Waals surface area contributed by atoms with Gasteiger partial charge in [-0.25, -0.2) is 4.79 Å². The molecule has 0 aliphatic heterocycles. The Morgan fingerprint density at radius 3 is 2.41 bits per heavy atom. The summed E-state index contributed by atoms with van der Waals surface area (Å²) < 4.78 is 4.29. The van der Waals surface area contributed by atoms with Gasteiger partial charge < -0.3 is 9.84 Å². The van der Waals surface area contributed by atoms with E-state index in [-0.39, 0.29) is 0 Å². The van der Waals surface area contributed by atoms with Crippen LogP contribution < -0.4 is 0 Å². The number of hydrogen-bond acceptors (Lipinski definition) is 2. The molecule has 0 atom stereocenters. The van der Waals surface area contributed by atoms with Crippen LogP contribution in [0.4, 0.5) is 0 Å². The van der Waals surface area contributed by atoms with Crippen LogP contribution in [0.1, 0.15) is 11.1 Å². The van der Waals surface area contributed by atoms with Crippen LogP contribution in [-0.2, 0) is 9.53 Å². The fourth-order valence-corrected chi connectivity index (χ4v) is 2.46. The molecule has 0 spiro atoms. The molecular weight excluding hydrogens is 383 g/mol. The molecule has 5 heteroatoms. The highest BCUT2D eigenvalue weighted by Crippen LogP contribution is 2.20. The molecule has 27 heavy (non-hydrogen) atoms. The normalized spacial score (nSPS) is 9.89. The first-order valence-electron chi connectivity index (χ1n) is 7.88. The van der Waals surface area contributed by atoms with E-state index in [4.69, 9.17) is 28.3 Å². The average molecular weight is 399 g/mol. The molecule has 136 valence electrons. The molecule has 0 aliphatic rings. The Hall–Kier alpha value is -2.93. The first-order valence-corrected chi connectivity index (χ1v) is 8.63. The van der Waals surface area contributed by atoms with Crippen LogP contribution in [0.3, 0.4) is 0 Å². The van der Waals surface area contributed by atoms with Crippen molar-refractivity contribution in [1.82, 2.24) is 0 Å². The number of carboxylic acid groups (broad SMARTS) is 1. The second kappa shape index (κ2) is 10.3. The minimum Gasteiger partial charge on any atom is -0.504 e. The summed E-state index contributed by atoms with van der Waals surface area (Å²) in [6.07, 6.45) is 2.02. The zero-order valence-corrected chi connectivity index (χ0v) is 16.0. The van der Waals surface area contributed by atoms with Crippen LogP contribution in [0.2, 0.25) is 10.0 Å². The fourth-order valence-electron chi connectivity index (χ4n) is 2.13. The summed E-state index contributed by atoms with van der Waals surface area (Å²) >= 11 is 12.0. The van der Waals surface area contributed by atoms with Crippen LogP contribution >= 0.6 is 23.2 Å². The fraction of sp³-hybridized carbons (Fsp3) is 0.0455. The van der Waals surface area contributed by atoms with Gasteiger partial charge >= 0.3 is 5.97 Å². The first kappa shape index (κ1) is 20.4. The van der Waals surface area contributed by atoms with Gasteiger partial charge in [-0.15, -0.1) is 0 Å². The predicted octanol–water partition coefficient (Wildman–Crippen LogP) is 5.78. The molecular formula is C22H16Cl2O3. The monoisotopic (exact) mass is 398 g/mol.